The van der Waals surface area contributed by atoms with E-state index in [1.54, 1.807) is 62.4 Å². The molecule has 18 nitrogen and oxygen atoms in total. The predicted molar refractivity (Wildman–Crippen MR) is 242 cm³/mol. The normalized spacial score (nSPS) is 16.7. The third-order valence-electron chi connectivity index (χ3n) is 11.9. The number of hydrogen-bond donors (Lipinski definition) is 4. The van der Waals surface area contributed by atoms with E-state index in [4.69, 9.17) is 0 Å². The lowest BCUT2D eigenvalue weighted by Gasteiger charge is -2.17. The van der Waals surface area contributed by atoms with E-state index in [9.17, 15) is 57.5 Å². The Morgan fingerprint density at radius 2 is 0.896 bits per heavy atom. The van der Waals surface area contributed by atoms with Gasteiger partial charge in [0.05, 0.1) is 11.8 Å². The Balaban J connectivity index is 1.34. The summed E-state index contributed by atoms with van der Waals surface area (Å²) in [5, 5.41) is 9.84. The molecule has 4 unspecified atom stereocenters. The summed E-state index contributed by atoms with van der Waals surface area (Å²) in [6.45, 7) is 7.56. The zero-order chi connectivity index (χ0) is 49.2. The number of imide groups is 4. The van der Waals surface area contributed by atoms with Crippen molar-refractivity contribution in [2.45, 2.75) is 111 Å². The van der Waals surface area contributed by atoms with E-state index < -0.39 is 96.4 Å². The maximum absolute atomic E-state index is 13.4. The number of carbonyl (C=O) groups excluding carboxylic acids is 12. The first kappa shape index (κ1) is 52.9. The van der Waals surface area contributed by atoms with Crippen molar-refractivity contribution < 1.29 is 57.5 Å². The van der Waals surface area contributed by atoms with Crippen LogP contribution < -0.4 is 21.3 Å². The summed E-state index contributed by atoms with van der Waals surface area (Å²) in [4.78, 5) is 157. The number of rotatable bonds is 26. The monoisotopic (exact) mass is 926 g/mol. The quantitative estimate of drug-likeness (QED) is 0.0785. The van der Waals surface area contributed by atoms with Crippen molar-refractivity contribution in [3.8, 4) is 0 Å². The second-order valence-corrected chi connectivity index (χ2v) is 17.3. The molecule has 4 rings (SSSR count). The standard InChI is InChI=1S/C49H62N6O12/c1-5-32-12-16-34(17-13-32)44(62)52-46(64)36(28-40(58)50-20-8-22-54-42(60)24-30(3)48(54)66)26-38(56)10-7-11-39(57)27-37(47(65)53-45(63)35-18-14-33(6-2)15-19-35)29-41(59)51-21-9-23-55-43(61)25-31(4)49(55)67/h12-19,30-31,36-37H,5-11,20-29H2,1-4H3,(H,50,58)(H,51,59)(H,52,62,64)(H,53,63,65). The molecule has 2 saturated heterocycles. The van der Waals surface area contributed by atoms with Gasteiger partial charge in [0.1, 0.15) is 11.6 Å². The number of aryl methyl sites for hydroxylation is 2. The van der Waals surface area contributed by atoms with Gasteiger partial charge in [0, 0.05) is 101 Å². The van der Waals surface area contributed by atoms with E-state index in [2.05, 4.69) is 21.3 Å². The molecular weight excluding hydrogens is 865 g/mol. The third-order valence-corrected chi connectivity index (χ3v) is 11.9. The van der Waals surface area contributed by atoms with Crippen LogP contribution in [0.4, 0.5) is 0 Å². The molecule has 2 heterocycles. The van der Waals surface area contributed by atoms with E-state index in [0.29, 0.717) is 0 Å². The van der Waals surface area contributed by atoms with E-state index >= 15 is 0 Å². The highest BCUT2D eigenvalue weighted by molar-refractivity contribution is 6.08. The average molecular weight is 927 g/mol. The summed E-state index contributed by atoms with van der Waals surface area (Å²) in [6.07, 6.45) is -0.0335. The molecule has 4 atom stereocenters. The van der Waals surface area contributed by atoms with Crippen LogP contribution in [0.3, 0.4) is 0 Å². The van der Waals surface area contributed by atoms with Gasteiger partial charge in [-0.05, 0) is 67.5 Å². The van der Waals surface area contributed by atoms with Crippen LogP contribution in [0.1, 0.15) is 130 Å². The lowest BCUT2D eigenvalue weighted by molar-refractivity contribution is -0.140. The van der Waals surface area contributed by atoms with E-state index in [0.717, 1.165) is 33.8 Å². The van der Waals surface area contributed by atoms with Crippen LogP contribution in [0.5, 0.6) is 0 Å². The first-order chi connectivity index (χ1) is 31.9. The minimum atomic E-state index is -1.27. The fourth-order valence-corrected chi connectivity index (χ4v) is 7.80. The number of ketones is 2. The van der Waals surface area contributed by atoms with Gasteiger partial charge in [-0.15, -0.1) is 0 Å². The van der Waals surface area contributed by atoms with Gasteiger partial charge in [-0.1, -0.05) is 52.0 Å². The minimum Gasteiger partial charge on any atom is -0.356 e. The molecule has 67 heavy (non-hydrogen) atoms. The summed E-state index contributed by atoms with van der Waals surface area (Å²) in [5.74, 6) is -9.86. The highest BCUT2D eigenvalue weighted by atomic mass is 16.2. The van der Waals surface area contributed by atoms with Crippen molar-refractivity contribution in [2.75, 3.05) is 26.2 Å². The van der Waals surface area contributed by atoms with Gasteiger partial charge in [0.25, 0.3) is 11.8 Å². The number of likely N-dealkylation sites (tertiary alicyclic amines) is 2. The van der Waals surface area contributed by atoms with Crippen LogP contribution in [0.15, 0.2) is 48.5 Å². The topological polar surface area (TPSA) is 259 Å². The fourth-order valence-electron chi connectivity index (χ4n) is 7.80. The number of Topliss-reactive ketones (excluding diaryl/α,β-unsaturated/α-hetero) is 2. The second-order valence-electron chi connectivity index (χ2n) is 17.3. The summed E-state index contributed by atoms with van der Waals surface area (Å²) in [7, 11) is 0. The van der Waals surface area contributed by atoms with Crippen LogP contribution in [-0.4, -0.2) is 107 Å². The van der Waals surface area contributed by atoms with Crippen LogP contribution in [0.25, 0.3) is 0 Å². The molecule has 0 radical (unpaired) electrons. The second kappa shape index (κ2) is 25.8. The number of nitrogens with zero attached hydrogens (tertiary/aromatic N) is 2. The minimum absolute atomic E-state index is 0.0106. The number of benzene rings is 2. The van der Waals surface area contributed by atoms with Gasteiger partial charge < -0.3 is 10.6 Å². The number of nitrogens with one attached hydrogen (secondary N) is 4. The van der Waals surface area contributed by atoms with Crippen LogP contribution in [0, 0.1) is 23.7 Å². The van der Waals surface area contributed by atoms with Gasteiger partial charge in [-0.2, -0.15) is 0 Å². The molecule has 0 aliphatic carbocycles. The third kappa shape index (κ3) is 16.3. The Hall–Kier alpha value is -6.72. The van der Waals surface area contributed by atoms with Gasteiger partial charge in [0.15, 0.2) is 0 Å². The van der Waals surface area contributed by atoms with Crippen LogP contribution >= 0.6 is 0 Å². The molecule has 10 amide bonds. The van der Waals surface area contributed by atoms with Crippen molar-refractivity contribution in [1.29, 1.82) is 0 Å². The Morgan fingerprint density at radius 1 is 0.537 bits per heavy atom. The van der Waals surface area contributed by atoms with Crippen molar-refractivity contribution in [3.05, 3.63) is 70.8 Å². The number of hydrogen-bond acceptors (Lipinski definition) is 12. The highest BCUT2D eigenvalue weighted by Gasteiger charge is 2.36. The smallest absolute Gasteiger partial charge is 0.257 e. The lowest BCUT2D eigenvalue weighted by atomic mass is 9.92. The molecule has 0 saturated carbocycles. The molecule has 18 heteroatoms. The largest absolute Gasteiger partial charge is 0.356 e. The average Bonchev–Trinajstić information content (AvgIpc) is 3.69. The Morgan fingerprint density at radius 3 is 1.21 bits per heavy atom. The fraction of sp³-hybridized carbons (Fsp3) is 0.510. The molecule has 2 fully saturated rings. The van der Waals surface area contributed by atoms with Crippen LogP contribution in [-0.2, 0) is 60.8 Å². The van der Waals surface area contributed by atoms with Crippen molar-refractivity contribution in [2.24, 2.45) is 23.7 Å². The Labute approximate surface area is 390 Å². The first-order valence-corrected chi connectivity index (χ1v) is 23.0. The molecule has 0 bridgehead atoms. The zero-order valence-electron chi connectivity index (χ0n) is 38.7. The molecule has 0 aromatic heterocycles. The van der Waals surface area contributed by atoms with Crippen molar-refractivity contribution >= 4 is 70.6 Å². The van der Waals surface area contributed by atoms with Crippen molar-refractivity contribution in [3.63, 3.8) is 0 Å². The van der Waals surface area contributed by atoms with Crippen LogP contribution in [0.2, 0.25) is 0 Å². The maximum Gasteiger partial charge on any atom is 0.257 e. The van der Waals surface area contributed by atoms with Gasteiger partial charge in [-0.3, -0.25) is 78.0 Å². The Bertz CT molecular complexity index is 2050. The van der Waals surface area contributed by atoms with E-state index in [1.165, 1.54) is 0 Å². The molecule has 4 N–H and O–H groups in total. The first-order valence-electron chi connectivity index (χ1n) is 23.0. The van der Waals surface area contributed by atoms with E-state index in [1.807, 2.05) is 13.8 Å². The molecule has 2 aromatic rings. The molecule has 2 aliphatic rings. The number of carbonyl (C=O) groups is 12. The summed E-state index contributed by atoms with van der Waals surface area (Å²) < 4.78 is 0. The SMILES string of the molecule is CCc1ccc(C(=O)NC(=O)C(CC(=O)CCCC(=O)CC(CC(=O)NCCCN2C(=O)CC(C)C2=O)C(=O)NC(=O)c2ccc(CC)cc2)CC(=O)NCCCN2C(=O)CC(C)C2=O)cc1. The van der Waals surface area contributed by atoms with Gasteiger partial charge in [0.2, 0.25) is 47.3 Å². The summed E-state index contributed by atoms with van der Waals surface area (Å²) in [5.41, 5.74) is 2.33. The molecular formula is C49H62N6O12. The lowest BCUT2D eigenvalue weighted by Crippen LogP contribution is -2.40. The van der Waals surface area contributed by atoms with Gasteiger partial charge in [-0.25, -0.2) is 0 Å². The summed E-state index contributed by atoms with van der Waals surface area (Å²) >= 11 is 0. The predicted octanol–water partition coefficient (Wildman–Crippen LogP) is 2.93. The zero-order valence-corrected chi connectivity index (χ0v) is 38.7. The highest BCUT2D eigenvalue weighted by Crippen LogP contribution is 2.21. The maximum atomic E-state index is 13.4. The Kier molecular flexibility index (Phi) is 20.4. The van der Waals surface area contributed by atoms with Gasteiger partial charge >= 0.3 is 0 Å². The molecule has 0 spiro atoms. The van der Waals surface area contributed by atoms with Crippen molar-refractivity contribution in [1.82, 2.24) is 31.1 Å². The molecule has 360 valence electrons. The summed E-state index contributed by atoms with van der Waals surface area (Å²) in [6, 6.07) is 13.2. The number of amides is 10. The van der Waals surface area contributed by atoms with E-state index in [-0.39, 0.29) is 106 Å². The molecule has 2 aromatic carbocycles. The molecule has 2 aliphatic heterocycles.